The lowest BCUT2D eigenvalue weighted by Crippen LogP contribution is -2.15. The molecular weight excluding hydrogens is 201 g/mol. The highest BCUT2D eigenvalue weighted by Crippen LogP contribution is 2.32. The maximum Gasteiger partial charge on any atom is 0.0184 e. The van der Waals surface area contributed by atoms with Gasteiger partial charge in [-0.2, -0.15) is 0 Å². The van der Waals surface area contributed by atoms with Crippen molar-refractivity contribution >= 4 is 13.9 Å². The molecule has 1 atom stereocenters. The van der Waals surface area contributed by atoms with Crippen LogP contribution in [0.3, 0.4) is 0 Å². The average Bonchev–Trinajstić information content (AvgIpc) is 2.31. The van der Waals surface area contributed by atoms with E-state index in [0.717, 1.165) is 14.2 Å². The SMILES string of the molecule is NCc1ccccc1PC1CCCCC1. The van der Waals surface area contributed by atoms with Gasteiger partial charge in [-0.25, -0.2) is 0 Å². The number of hydrogen-bond acceptors (Lipinski definition) is 1. The summed E-state index contributed by atoms with van der Waals surface area (Å²) >= 11 is 0. The monoisotopic (exact) mass is 221 g/mol. The first-order valence-corrected chi connectivity index (χ1v) is 7.02. The summed E-state index contributed by atoms with van der Waals surface area (Å²) in [4.78, 5) is 0. The quantitative estimate of drug-likeness (QED) is 0.780. The van der Waals surface area contributed by atoms with Gasteiger partial charge in [-0.05, 0) is 29.4 Å². The molecule has 0 aromatic heterocycles. The Morgan fingerprint density at radius 3 is 2.60 bits per heavy atom. The first-order chi connectivity index (χ1) is 7.40. The summed E-state index contributed by atoms with van der Waals surface area (Å²) in [5.74, 6) is 0. The van der Waals surface area contributed by atoms with Gasteiger partial charge in [-0.15, -0.1) is 0 Å². The van der Waals surface area contributed by atoms with Crippen LogP contribution in [-0.2, 0) is 6.54 Å². The van der Waals surface area contributed by atoms with Gasteiger partial charge in [0.15, 0.2) is 0 Å². The zero-order valence-electron chi connectivity index (χ0n) is 9.21. The normalized spacial score (nSPS) is 18.7. The molecule has 2 rings (SSSR count). The van der Waals surface area contributed by atoms with Crippen molar-refractivity contribution in [2.24, 2.45) is 5.73 Å². The van der Waals surface area contributed by atoms with Crippen LogP contribution < -0.4 is 11.0 Å². The molecular formula is C13H20NP. The van der Waals surface area contributed by atoms with E-state index in [-0.39, 0.29) is 0 Å². The Morgan fingerprint density at radius 1 is 1.13 bits per heavy atom. The van der Waals surface area contributed by atoms with E-state index in [1.807, 2.05) is 0 Å². The van der Waals surface area contributed by atoms with E-state index in [1.54, 1.807) is 0 Å². The summed E-state index contributed by atoms with van der Waals surface area (Å²) in [6.45, 7) is 0.690. The van der Waals surface area contributed by atoms with Crippen LogP contribution in [-0.4, -0.2) is 5.66 Å². The number of hydrogen-bond donors (Lipinski definition) is 1. The van der Waals surface area contributed by atoms with E-state index < -0.39 is 0 Å². The van der Waals surface area contributed by atoms with Gasteiger partial charge in [-0.1, -0.05) is 52.1 Å². The lowest BCUT2D eigenvalue weighted by atomic mass is 10.0. The van der Waals surface area contributed by atoms with E-state index in [9.17, 15) is 0 Å². The van der Waals surface area contributed by atoms with Gasteiger partial charge >= 0.3 is 0 Å². The van der Waals surface area contributed by atoms with E-state index in [4.69, 9.17) is 5.73 Å². The molecule has 2 heteroatoms. The minimum absolute atomic E-state index is 0.690. The van der Waals surface area contributed by atoms with Crippen LogP contribution in [0.1, 0.15) is 37.7 Å². The molecule has 0 saturated heterocycles. The van der Waals surface area contributed by atoms with Crippen LogP contribution in [0, 0.1) is 0 Å². The molecule has 1 aromatic carbocycles. The Hall–Kier alpha value is -0.390. The van der Waals surface area contributed by atoms with Crippen molar-refractivity contribution in [3.05, 3.63) is 29.8 Å². The van der Waals surface area contributed by atoms with Crippen molar-refractivity contribution in [1.82, 2.24) is 0 Å². The molecule has 0 radical (unpaired) electrons. The third-order valence-electron chi connectivity index (χ3n) is 3.20. The number of benzene rings is 1. The lowest BCUT2D eigenvalue weighted by Gasteiger charge is -2.22. The van der Waals surface area contributed by atoms with Crippen molar-refractivity contribution in [3.8, 4) is 0 Å². The van der Waals surface area contributed by atoms with Gasteiger partial charge in [0.05, 0.1) is 0 Å². The highest BCUT2D eigenvalue weighted by atomic mass is 31.1. The highest BCUT2D eigenvalue weighted by molar-refractivity contribution is 7.48. The van der Waals surface area contributed by atoms with Crippen molar-refractivity contribution in [2.75, 3.05) is 0 Å². The fourth-order valence-corrected chi connectivity index (χ4v) is 4.01. The van der Waals surface area contributed by atoms with Gasteiger partial charge in [0.1, 0.15) is 0 Å². The van der Waals surface area contributed by atoms with Crippen molar-refractivity contribution in [3.63, 3.8) is 0 Å². The second-order valence-electron chi connectivity index (χ2n) is 4.34. The topological polar surface area (TPSA) is 26.0 Å². The molecule has 1 aromatic rings. The third-order valence-corrected chi connectivity index (χ3v) is 4.99. The molecule has 1 aliphatic rings. The zero-order chi connectivity index (χ0) is 10.5. The first-order valence-electron chi connectivity index (χ1n) is 5.94. The Labute approximate surface area is 94.2 Å². The standard InChI is InChI=1S/C13H20NP/c14-10-11-6-4-5-9-13(11)15-12-7-2-1-3-8-12/h4-6,9,12,15H,1-3,7-8,10,14H2. The van der Waals surface area contributed by atoms with Gasteiger partial charge in [0.2, 0.25) is 0 Å². The Bertz CT molecular complexity index is 305. The molecule has 2 N–H and O–H groups in total. The summed E-state index contributed by atoms with van der Waals surface area (Å²) in [6.07, 6.45) is 7.17. The maximum absolute atomic E-state index is 5.76. The first kappa shape index (κ1) is 11.1. The Kier molecular flexibility index (Phi) is 4.17. The van der Waals surface area contributed by atoms with E-state index in [2.05, 4.69) is 24.3 Å². The maximum atomic E-state index is 5.76. The lowest BCUT2D eigenvalue weighted by molar-refractivity contribution is 0.514. The molecule has 0 heterocycles. The summed E-state index contributed by atoms with van der Waals surface area (Å²) in [7, 11) is 0.979. The molecule has 0 amide bonds. The fraction of sp³-hybridized carbons (Fsp3) is 0.538. The van der Waals surface area contributed by atoms with Gasteiger partial charge in [0, 0.05) is 6.54 Å². The molecule has 0 spiro atoms. The summed E-state index contributed by atoms with van der Waals surface area (Å²) < 4.78 is 0. The molecule has 1 unspecified atom stereocenters. The van der Waals surface area contributed by atoms with Crippen molar-refractivity contribution < 1.29 is 0 Å². The fourth-order valence-electron chi connectivity index (χ4n) is 2.31. The van der Waals surface area contributed by atoms with Crippen LogP contribution >= 0.6 is 8.58 Å². The highest BCUT2D eigenvalue weighted by Gasteiger charge is 2.14. The summed E-state index contributed by atoms with van der Waals surface area (Å²) in [5, 5.41) is 1.51. The largest absolute Gasteiger partial charge is 0.326 e. The smallest absolute Gasteiger partial charge is 0.0184 e. The van der Waals surface area contributed by atoms with Gasteiger partial charge in [0.25, 0.3) is 0 Å². The predicted molar refractivity (Wildman–Crippen MR) is 69.2 cm³/mol. The zero-order valence-corrected chi connectivity index (χ0v) is 10.2. The average molecular weight is 221 g/mol. The van der Waals surface area contributed by atoms with Crippen LogP contribution in [0.5, 0.6) is 0 Å². The number of nitrogens with two attached hydrogens (primary N) is 1. The van der Waals surface area contributed by atoms with Crippen molar-refractivity contribution in [2.45, 2.75) is 44.3 Å². The van der Waals surface area contributed by atoms with Crippen LogP contribution in [0.25, 0.3) is 0 Å². The van der Waals surface area contributed by atoms with Crippen molar-refractivity contribution in [1.29, 1.82) is 0 Å². The van der Waals surface area contributed by atoms with Crippen LogP contribution in [0.2, 0.25) is 0 Å². The molecule has 1 saturated carbocycles. The van der Waals surface area contributed by atoms with Crippen LogP contribution in [0.4, 0.5) is 0 Å². The minimum atomic E-state index is 0.690. The molecule has 1 nitrogen and oxygen atoms in total. The molecule has 0 bridgehead atoms. The minimum Gasteiger partial charge on any atom is -0.326 e. The summed E-state index contributed by atoms with van der Waals surface area (Å²) in [5.41, 5.74) is 8.05. The van der Waals surface area contributed by atoms with E-state index >= 15 is 0 Å². The van der Waals surface area contributed by atoms with Gasteiger partial charge in [-0.3, -0.25) is 0 Å². The predicted octanol–water partition coefficient (Wildman–Crippen LogP) is 2.78. The Balaban J connectivity index is 2.02. The summed E-state index contributed by atoms with van der Waals surface area (Å²) in [6, 6.07) is 8.67. The third kappa shape index (κ3) is 3.03. The van der Waals surface area contributed by atoms with Gasteiger partial charge < -0.3 is 5.73 Å². The Morgan fingerprint density at radius 2 is 1.87 bits per heavy atom. The number of rotatable bonds is 3. The molecule has 15 heavy (non-hydrogen) atoms. The van der Waals surface area contributed by atoms with E-state index in [1.165, 1.54) is 43.0 Å². The second kappa shape index (κ2) is 5.63. The van der Waals surface area contributed by atoms with E-state index in [0.29, 0.717) is 6.54 Å². The molecule has 1 fully saturated rings. The molecule has 0 aliphatic heterocycles. The molecule has 82 valence electrons. The van der Waals surface area contributed by atoms with Crippen LogP contribution in [0.15, 0.2) is 24.3 Å². The molecule has 1 aliphatic carbocycles. The second-order valence-corrected chi connectivity index (χ2v) is 5.98.